The van der Waals surface area contributed by atoms with Gasteiger partial charge in [-0.1, -0.05) is 49.3 Å². The fourth-order valence-corrected chi connectivity index (χ4v) is 6.33. The molecule has 1 saturated heterocycles. The minimum Gasteiger partial charge on any atom is -0.479 e. The van der Waals surface area contributed by atoms with Gasteiger partial charge in [0.1, 0.15) is 37.0 Å². The Morgan fingerprint density at radius 3 is 2.70 bits per heavy atom. The summed E-state index contributed by atoms with van der Waals surface area (Å²) in [6.45, 7) is -0.634. The zero-order valence-electron chi connectivity index (χ0n) is 24.5. The van der Waals surface area contributed by atoms with Crippen LogP contribution in [0.1, 0.15) is 56.1 Å². The fraction of sp³-hybridized carbons (Fsp3) is 0.581. The van der Waals surface area contributed by atoms with Crippen LogP contribution in [0.3, 0.4) is 0 Å². The highest BCUT2D eigenvalue weighted by Crippen LogP contribution is 2.45. The number of nitrogens with zero attached hydrogens (tertiary/aromatic N) is 2. The highest BCUT2D eigenvalue weighted by atomic mass is 19.1. The Bertz CT molecular complexity index is 1310. The van der Waals surface area contributed by atoms with Crippen LogP contribution in [0.25, 0.3) is 0 Å². The molecule has 44 heavy (non-hydrogen) atoms. The van der Waals surface area contributed by atoms with Crippen molar-refractivity contribution in [3.8, 4) is 0 Å². The zero-order chi connectivity index (χ0) is 31.3. The van der Waals surface area contributed by atoms with Crippen LogP contribution in [0.2, 0.25) is 0 Å². The number of rotatable bonds is 5. The van der Waals surface area contributed by atoms with Crippen LogP contribution in [0.15, 0.2) is 36.4 Å². The van der Waals surface area contributed by atoms with Crippen LogP contribution in [0.5, 0.6) is 0 Å². The maximum atomic E-state index is 13.9. The van der Waals surface area contributed by atoms with E-state index in [1.807, 2.05) is 36.4 Å². The van der Waals surface area contributed by atoms with E-state index in [4.69, 9.17) is 9.47 Å². The second kappa shape index (κ2) is 13.6. The van der Waals surface area contributed by atoms with Gasteiger partial charge in [-0.2, -0.15) is 0 Å². The number of ether oxygens (including phenoxy) is 2. The van der Waals surface area contributed by atoms with Crippen molar-refractivity contribution in [3.05, 3.63) is 47.5 Å². The molecule has 3 aliphatic heterocycles. The molecular formula is C31H39FN4O8. The molecule has 0 bridgehead atoms. The van der Waals surface area contributed by atoms with Crippen molar-refractivity contribution >= 4 is 30.0 Å². The van der Waals surface area contributed by atoms with Gasteiger partial charge in [-0.15, -0.1) is 0 Å². The van der Waals surface area contributed by atoms with Gasteiger partial charge in [-0.3, -0.25) is 9.59 Å². The number of carbonyl (C=O) groups is 5. The molecule has 5 atom stereocenters. The number of hydrogen-bond donors (Lipinski definition) is 3. The van der Waals surface area contributed by atoms with E-state index in [9.17, 15) is 33.5 Å². The van der Waals surface area contributed by atoms with Crippen molar-refractivity contribution in [1.29, 1.82) is 0 Å². The first-order valence-electron chi connectivity index (χ1n) is 15.3. The normalized spacial score (nSPS) is 29.5. The van der Waals surface area contributed by atoms with Crippen LogP contribution < -0.4 is 10.6 Å². The van der Waals surface area contributed by atoms with Crippen molar-refractivity contribution in [2.24, 2.45) is 5.92 Å². The number of alkyl carbamates (subject to hydrolysis) is 1. The molecule has 1 aliphatic carbocycles. The number of amides is 4. The van der Waals surface area contributed by atoms with E-state index in [2.05, 4.69) is 10.6 Å². The van der Waals surface area contributed by atoms with Gasteiger partial charge in [-0.05, 0) is 43.2 Å². The molecule has 1 aromatic carbocycles. The van der Waals surface area contributed by atoms with Gasteiger partial charge in [0.15, 0.2) is 0 Å². The Balaban J connectivity index is 1.35. The van der Waals surface area contributed by atoms with Crippen LogP contribution in [-0.4, -0.2) is 95.0 Å². The number of hydrogen-bond acceptors (Lipinski definition) is 7. The number of aliphatic carboxylic acids is 1. The smallest absolute Gasteiger partial charge is 0.410 e. The summed E-state index contributed by atoms with van der Waals surface area (Å²) in [5.74, 6) is -2.80. The first-order valence-corrected chi connectivity index (χ1v) is 15.3. The molecule has 0 unspecified atom stereocenters. The molecule has 4 amide bonds. The van der Waals surface area contributed by atoms with Crippen LogP contribution in [-0.2, 0) is 36.8 Å². The summed E-state index contributed by atoms with van der Waals surface area (Å²) >= 11 is 0. The monoisotopic (exact) mass is 614 g/mol. The maximum absolute atomic E-state index is 13.9. The summed E-state index contributed by atoms with van der Waals surface area (Å²) in [4.78, 5) is 68.2. The standard InChI is InChI=1S/C31H39FN4O8/c32-13-15-43-29(41)33-24-11-5-3-1-2-4-10-22-17-31(22,28(39)40)34-26(37)25-16-23(19-36(25)27(24)38)44-30(42)35-14-12-20-8-6-7-9-21(20)18-35/h4,6-10,22-25H,1-3,5,11-19H2,(H,33,41)(H,34,37)(H,39,40)/b10-4+/t22-,23-,24+,25+,31-/m1/s1. The van der Waals surface area contributed by atoms with Gasteiger partial charge in [0.25, 0.3) is 0 Å². The van der Waals surface area contributed by atoms with Crippen molar-refractivity contribution in [1.82, 2.24) is 20.4 Å². The van der Waals surface area contributed by atoms with Crippen LogP contribution in [0, 0.1) is 5.92 Å². The van der Waals surface area contributed by atoms with Gasteiger partial charge < -0.3 is 35.0 Å². The fourth-order valence-electron chi connectivity index (χ4n) is 6.33. The highest BCUT2D eigenvalue weighted by Gasteiger charge is 2.61. The Morgan fingerprint density at radius 1 is 1.14 bits per heavy atom. The number of allylic oxidation sites excluding steroid dienone is 1. The lowest BCUT2D eigenvalue weighted by Crippen LogP contribution is -2.56. The lowest BCUT2D eigenvalue weighted by Gasteiger charge is -2.30. The third-order valence-corrected chi connectivity index (χ3v) is 8.88. The van der Waals surface area contributed by atoms with E-state index in [1.54, 1.807) is 4.90 Å². The number of carboxylic acids is 1. The maximum Gasteiger partial charge on any atom is 0.410 e. The molecule has 2 fully saturated rings. The van der Waals surface area contributed by atoms with Gasteiger partial charge in [0, 0.05) is 25.4 Å². The Labute approximate surface area is 254 Å². The van der Waals surface area contributed by atoms with Gasteiger partial charge in [0.05, 0.1) is 6.54 Å². The molecule has 0 radical (unpaired) electrons. The molecule has 3 heterocycles. The van der Waals surface area contributed by atoms with Crippen molar-refractivity contribution in [2.75, 3.05) is 26.4 Å². The molecule has 13 heteroatoms. The first kappa shape index (κ1) is 31.3. The number of fused-ring (bicyclic) bond motifs is 3. The minimum absolute atomic E-state index is 0.0387. The highest BCUT2D eigenvalue weighted by molar-refractivity contribution is 5.96. The van der Waals surface area contributed by atoms with Crippen molar-refractivity contribution in [2.45, 2.75) is 81.6 Å². The third-order valence-electron chi connectivity index (χ3n) is 8.88. The van der Waals surface area contributed by atoms with Gasteiger partial charge >= 0.3 is 18.2 Å². The second-order valence-corrected chi connectivity index (χ2v) is 11.9. The average molecular weight is 615 g/mol. The van der Waals surface area contributed by atoms with Crippen molar-refractivity contribution < 1.29 is 42.9 Å². The number of alkyl halides is 1. The first-order chi connectivity index (χ1) is 21.2. The number of halogens is 1. The van der Waals surface area contributed by atoms with E-state index >= 15 is 0 Å². The summed E-state index contributed by atoms with van der Waals surface area (Å²) in [6.07, 6.45) is 5.27. The SMILES string of the molecule is O=C(N[C@H]1CCCCC/C=C/[C@@H]2C[C@@]2(C(=O)O)NC(=O)[C@@H]2C[C@@H](OC(=O)N3CCc4ccccc4C3)CN2C1=O)OCCF. The summed E-state index contributed by atoms with van der Waals surface area (Å²) < 4.78 is 23.2. The molecule has 1 aromatic rings. The summed E-state index contributed by atoms with van der Waals surface area (Å²) in [5.41, 5.74) is 0.700. The molecule has 3 N–H and O–H groups in total. The van der Waals surface area contributed by atoms with E-state index in [1.165, 1.54) is 4.90 Å². The number of nitrogens with one attached hydrogen (secondary N) is 2. The number of carboxylic acid groups (broad SMARTS) is 1. The number of benzene rings is 1. The molecule has 0 aromatic heterocycles. The van der Waals surface area contributed by atoms with Gasteiger partial charge in [0.2, 0.25) is 11.8 Å². The van der Waals surface area contributed by atoms with E-state index in [0.29, 0.717) is 32.4 Å². The molecule has 1 saturated carbocycles. The number of carbonyl (C=O) groups excluding carboxylic acids is 4. The van der Waals surface area contributed by atoms with Gasteiger partial charge in [-0.25, -0.2) is 18.8 Å². The molecule has 0 spiro atoms. The van der Waals surface area contributed by atoms with Crippen LogP contribution in [0.4, 0.5) is 14.0 Å². The quantitative estimate of drug-likeness (QED) is 0.428. The third kappa shape index (κ3) is 6.97. The molecular weight excluding hydrogens is 575 g/mol. The summed E-state index contributed by atoms with van der Waals surface area (Å²) in [6, 6.07) is 5.61. The molecule has 12 nitrogen and oxygen atoms in total. The minimum atomic E-state index is -1.48. The zero-order valence-corrected chi connectivity index (χ0v) is 24.5. The molecule has 5 rings (SSSR count). The Morgan fingerprint density at radius 2 is 1.93 bits per heavy atom. The second-order valence-electron chi connectivity index (χ2n) is 11.9. The predicted octanol–water partition coefficient (Wildman–Crippen LogP) is 2.69. The van der Waals surface area contributed by atoms with Crippen LogP contribution >= 0.6 is 0 Å². The summed E-state index contributed by atoms with van der Waals surface area (Å²) in [5, 5.41) is 15.2. The van der Waals surface area contributed by atoms with E-state index in [0.717, 1.165) is 24.0 Å². The molecule has 238 valence electrons. The Kier molecular flexibility index (Phi) is 9.70. The van der Waals surface area contributed by atoms with E-state index < -0.39 is 67.0 Å². The topological polar surface area (TPSA) is 155 Å². The lowest BCUT2D eigenvalue weighted by molar-refractivity contribution is -0.145. The molecule has 4 aliphatic rings. The van der Waals surface area contributed by atoms with Crippen molar-refractivity contribution in [3.63, 3.8) is 0 Å². The van der Waals surface area contributed by atoms with E-state index in [-0.39, 0.29) is 31.7 Å². The Hall–Kier alpha value is -4.16. The summed E-state index contributed by atoms with van der Waals surface area (Å²) in [7, 11) is 0. The lowest BCUT2D eigenvalue weighted by atomic mass is 10.0. The largest absolute Gasteiger partial charge is 0.479 e. The predicted molar refractivity (Wildman–Crippen MR) is 154 cm³/mol. The average Bonchev–Trinajstić information content (AvgIpc) is 3.55.